The number of hydrogen-bond donors (Lipinski definition) is 1. The van der Waals surface area contributed by atoms with Crippen LogP contribution in [0, 0.1) is 6.92 Å². The highest BCUT2D eigenvalue weighted by molar-refractivity contribution is 5.93. The van der Waals surface area contributed by atoms with Crippen LogP contribution in [0.4, 0.5) is 0 Å². The smallest absolute Gasteiger partial charge is 0.273 e. The molecule has 1 N–H and O–H groups in total. The molecule has 0 saturated heterocycles. The van der Waals surface area contributed by atoms with Gasteiger partial charge in [-0.3, -0.25) is 4.79 Å². The molecule has 3 aromatic rings. The molecule has 1 amide bonds. The molecule has 0 aliphatic heterocycles. The Kier molecular flexibility index (Phi) is 6.54. The van der Waals surface area contributed by atoms with Gasteiger partial charge < -0.3 is 19.2 Å². The Morgan fingerprint density at radius 1 is 1.10 bits per heavy atom. The molecule has 6 nitrogen and oxygen atoms in total. The zero-order chi connectivity index (χ0) is 20.8. The lowest BCUT2D eigenvalue weighted by atomic mass is 10.1. The van der Waals surface area contributed by atoms with E-state index >= 15 is 0 Å². The number of amides is 1. The van der Waals surface area contributed by atoms with Gasteiger partial charge in [-0.2, -0.15) is 0 Å². The molecule has 29 heavy (non-hydrogen) atoms. The molecular formula is C23H26N2O4. The number of hydrogen-bond acceptors (Lipinski definition) is 5. The first kappa shape index (κ1) is 20.5. The number of rotatable bonds is 8. The third kappa shape index (κ3) is 4.96. The molecule has 0 fully saturated rings. The van der Waals surface area contributed by atoms with Gasteiger partial charge in [0.25, 0.3) is 5.91 Å². The van der Waals surface area contributed by atoms with E-state index in [1.807, 2.05) is 31.2 Å². The quantitative estimate of drug-likeness (QED) is 0.612. The van der Waals surface area contributed by atoms with E-state index in [9.17, 15) is 4.79 Å². The Morgan fingerprint density at radius 2 is 1.83 bits per heavy atom. The summed E-state index contributed by atoms with van der Waals surface area (Å²) in [6.07, 6.45) is 1.74. The number of methoxy groups -OCH3 is 2. The lowest BCUT2D eigenvalue weighted by molar-refractivity contribution is 0.0932. The second-order valence-electron chi connectivity index (χ2n) is 6.89. The molecule has 1 atom stereocenters. The number of aromatic nitrogens is 1. The topological polar surface area (TPSA) is 73.6 Å². The van der Waals surface area contributed by atoms with Crippen molar-refractivity contribution in [2.45, 2.75) is 32.7 Å². The van der Waals surface area contributed by atoms with Crippen molar-refractivity contribution in [2.24, 2.45) is 0 Å². The monoisotopic (exact) mass is 394 g/mol. The van der Waals surface area contributed by atoms with Crippen LogP contribution in [-0.2, 0) is 6.42 Å². The number of benzene rings is 2. The molecule has 0 saturated carbocycles. The minimum Gasteiger partial charge on any atom is -0.493 e. The number of aryl methyl sites for hydroxylation is 2. The van der Waals surface area contributed by atoms with Gasteiger partial charge in [-0.1, -0.05) is 30.3 Å². The Balaban J connectivity index is 1.68. The fourth-order valence-electron chi connectivity index (χ4n) is 3.09. The highest BCUT2D eigenvalue weighted by atomic mass is 16.5. The molecule has 0 radical (unpaired) electrons. The summed E-state index contributed by atoms with van der Waals surface area (Å²) in [4.78, 5) is 17.1. The third-order valence-corrected chi connectivity index (χ3v) is 4.73. The van der Waals surface area contributed by atoms with Crippen molar-refractivity contribution >= 4 is 5.91 Å². The van der Waals surface area contributed by atoms with E-state index in [1.165, 1.54) is 5.56 Å². The summed E-state index contributed by atoms with van der Waals surface area (Å²) in [6, 6.07) is 15.6. The van der Waals surface area contributed by atoms with Gasteiger partial charge in [0.2, 0.25) is 5.89 Å². The first-order valence-electron chi connectivity index (χ1n) is 9.56. The second-order valence-corrected chi connectivity index (χ2v) is 6.89. The Bertz CT molecular complexity index is 966. The number of nitrogens with zero attached hydrogens (tertiary/aromatic N) is 1. The van der Waals surface area contributed by atoms with Gasteiger partial charge in [-0.25, -0.2) is 4.98 Å². The SMILES string of the molecule is COc1ccc(-c2nc(C(=O)NC(C)CCc3ccccc3)c(C)o2)cc1OC. The summed E-state index contributed by atoms with van der Waals surface area (Å²) in [5.74, 6) is 1.79. The Morgan fingerprint density at radius 3 is 2.52 bits per heavy atom. The predicted octanol–water partition coefficient (Wildman–Crippen LogP) is 4.42. The minimum atomic E-state index is -0.237. The first-order chi connectivity index (χ1) is 14.0. The van der Waals surface area contributed by atoms with Crippen LogP contribution in [0.1, 0.15) is 35.2 Å². The van der Waals surface area contributed by atoms with Gasteiger partial charge >= 0.3 is 0 Å². The first-order valence-corrected chi connectivity index (χ1v) is 9.56. The maximum Gasteiger partial charge on any atom is 0.273 e. The van der Waals surface area contributed by atoms with Crippen LogP contribution >= 0.6 is 0 Å². The summed E-state index contributed by atoms with van der Waals surface area (Å²) < 4.78 is 16.3. The molecule has 1 aromatic heterocycles. The van der Waals surface area contributed by atoms with E-state index in [-0.39, 0.29) is 11.9 Å². The van der Waals surface area contributed by atoms with Gasteiger partial charge in [0, 0.05) is 11.6 Å². The normalized spacial score (nSPS) is 11.7. The van der Waals surface area contributed by atoms with E-state index in [0.717, 1.165) is 12.8 Å². The van der Waals surface area contributed by atoms with Crippen molar-refractivity contribution < 1.29 is 18.7 Å². The lowest BCUT2D eigenvalue weighted by Gasteiger charge is -2.13. The van der Waals surface area contributed by atoms with Crippen molar-refractivity contribution in [3.05, 3.63) is 65.5 Å². The van der Waals surface area contributed by atoms with E-state index in [4.69, 9.17) is 13.9 Å². The van der Waals surface area contributed by atoms with Crippen molar-refractivity contribution in [3.8, 4) is 23.0 Å². The van der Waals surface area contributed by atoms with Crippen molar-refractivity contribution in [3.63, 3.8) is 0 Å². The van der Waals surface area contributed by atoms with Crippen LogP contribution in [0.3, 0.4) is 0 Å². The average Bonchev–Trinajstić information content (AvgIpc) is 3.14. The molecular weight excluding hydrogens is 368 g/mol. The molecule has 6 heteroatoms. The maximum absolute atomic E-state index is 12.7. The fraction of sp³-hybridized carbons (Fsp3) is 0.304. The predicted molar refractivity (Wildman–Crippen MR) is 111 cm³/mol. The van der Waals surface area contributed by atoms with E-state index in [1.54, 1.807) is 33.3 Å². The van der Waals surface area contributed by atoms with Crippen LogP contribution in [-0.4, -0.2) is 31.2 Å². The summed E-state index contributed by atoms with van der Waals surface area (Å²) in [7, 11) is 3.15. The molecule has 0 aliphatic rings. The number of nitrogens with one attached hydrogen (secondary N) is 1. The van der Waals surface area contributed by atoms with Gasteiger partial charge in [0.05, 0.1) is 14.2 Å². The number of ether oxygens (including phenoxy) is 2. The van der Waals surface area contributed by atoms with Gasteiger partial charge in [-0.15, -0.1) is 0 Å². The average molecular weight is 394 g/mol. The highest BCUT2D eigenvalue weighted by Gasteiger charge is 2.20. The zero-order valence-electron chi connectivity index (χ0n) is 17.2. The summed E-state index contributed by atoms with van der Waals surface area (Å²) >= 11 is 0. The van der Waals surface area contributed by atoms with Gasteiger partial charge in [-0.05, 0) is 50.5 Å². The molecule has 0 aliphatic carbocycles. The van der Waals surface area contributed by atoms with Crippen LogP contribution < -0.4 is 14.8 Å². The summed E-state index contributed by atoms with van der Waals surface area (Å²) in [6.45, 7) is 3.73. The van der Waals surface area contributed by atoms with Gasteiger partial charge in [0.15, 0.2) is 17.2 Å². The highest BCUT2D eigenvalue weighted by Crippen LogP contribution is 2.32. The number of carbonyl (C=O) groups excluding carboxylic acids is 1. The third-order valence-electron chi connectivity index (χ3n) is 4.73. The molecule has 2 aromatic carbocycles. The van der Waals surface area contributed by atoms with E-state index in [2.05, 4.69) is 22.4 Å². The van der Waals surface area contributed by atoms with Gasteiger partial charge in [0.1, 0.15) is 5.76 Å². The number of carbonyl (C=O) groups is 1. The van der Waals surface area contributed by atoms with Crippen LogP contribution in [0.5, 0.6) is 11.5 Å². The molecule has 0 spiro atoms. The van der Waals surface area contributed by atoms with E-state index in [0.29, 0.717) is 34.4 Å². The van der Waals surface area contributed by atoms with Crippen LogP contribution in [0.2, 0.25) is 0 Å². The van der Waals surface area contributed by atoms with Crippen LogP contribution in [0.15, 0.2) is 52.9 Å². The van der Waals surface area contributed by atoms with Crippen molar-refractivity contribution in [1.82, 2.24) is 10.3 Å². The molecule has 152 valence electrons. The Hall–Kier alpha value is -3.28. The number of oxazole rings is 1. The Labute approximate surface area is 170 Å². The van der Waals surface area contributed by atoms with E-state index < -0.39 is 0 Å². The lowest BCUT2D eigenvalue weighted by Crippen LogP contribution is -2.33. The van der Waals surface area contributed by atoms with Crippen molar-refractivity contribution in [1.29, 1.82) is 0 Å². The minimum absolute atomic E-state index is 0.0170. The molecule has 3 rings (SSSR count). The molecule has 0 bridgehead atoms. The fourth-order valence-corrected chi connectivity index (χ4v) is 3.09. The maximum atomic E-state index is 12.7. The second kappa shape index (κ2) is 9.28. The largest absolute Gasteiger partial charge is 0.493 e. The standard InChI is InChI=1S/C23H26N2O4/c1-15(10-11-17-8-6-5-7-9-17)24-22(26)21-16(2)29-23(25-21)18-12-13-19(27-3)20(14-18)28-4/h5-9,12-15H,10-11H2,1-4H3,(H,24,26). The molecule has 1 heterocycles. The summed E-state index contributed by atoms with van der Waals surface area (Å²) in [5.41, 5.74) is 2.25. The zero-order valence-corrected chi connectivity index (χ0v) is 17.2. The molecule has 1 unspecified atom stereocenters. The summed E-state index contributed by atoms with van der Waals surface area (Å²) in [5, 5.41) is 3.01. The van der Waals surface area contributed by atoms with Crippen molar-refractivity contribution in [2.75, 3.05) is 14.2 Å². The van der Waals surface area contributed by atoms with Crippen LogP contribution in [0.25, 0.3) is 11.5 Å².